The van der Waals surface area contributed by atoms with Gasteiger partial charge in [-0.3, -0.25) is 0 Å². The van der Waals surface area contributed by atoms with E-state index in [-0.39, 0.29) is 11.9 Å². The molecule has 1 atom stereocenters. The molecule has 3 N–H and O–H groups in total. The lowest BCUT2D eigenvalue weighted by Crippen LogP contribution is -2.23. The Balaban J connectivity index is 2.33. The minimum Gasteiger partial charge on any atom is -0.508 e. The van der Waals surface area contributed by atoms with Gasteiger partial charge >= 0.3 is 0 Å². The molecule has 0 bridgehead atoms. The van der Waals surface area contributed by atoms with E-state index in [0.29, 0.717) is 13.1 Å². The van der Waals surface area contributed by atoms with E-state index >= 15 is 0 Å². The largest absolute Gasteiger partial charge is 0.508 e. The molecule has 0 aromatic heterocycles. The monoisotopic (exact) mass is 181 g/mol. The van der Waals surface area contributed by atoms with Gasteiger partial charge < -0.3 is 15.5 Å². The van der Waals surface area contributed by atoms with Crippen molar-refractivity contribution in [1.29, 1.82) is 0 Å². The molecule has 0 spiro atoms. The summed E-state index contributed by atoms with van der Waals surface area (Å²) in [6, 6.07) is 7.01. The summed E-state index contributed by atoms with van der Waals surface area (Å²) in [6.07, 6.45) is -0.322. The quantitative estimate of drug-likeness (QED) is 0.646. The Labute approximate surface area is 78.0 Å². The van der Waals surface area contributed by atoms with Gasteiger partial charge in [-0.1, -0.05) is 12.1 Å². The van der Waals surface area contributed by atoms with Crippen molar-refractivity contribution in [1.82, 2.24) is 5.32 Å². The Morgan fingerprint density at radius 2 is 1.92 bits per heavy atom. The number of aliphatic hydroxyl groups excluding tert-OH is 1. The lowest BCUT2D eigenvalue weighted by molar-refractivity contribution is 0.191. The van der Waals surface area contributed by atoms with Crippen molar-refractivity contribution in [3.63, 3.8) is 0 Å². The van der Waals surface area contributed by atoms with Crippen LogP contribution in [0.2, 0.25) is 0 Å². The third-order valence-electron chi connectivity index (χ3n) is 1.71. The molecule has 72 valence electrons. The predicted octanol–water partition coefficient (Wildman–Crippen LogP) is 0.863. The van der Waals surface area contributed by atoms with Crippen molar-refractivity contribution in [2.75, 3.05) is 6.54 Å². The summed E-state index contributed by atoms with van der Waals surface area (Å²) >= 11 is 0. The van der Waals surface area contributed by atoms with E-state index in [1.54, 1.807) is 19.1 Å². The summed E-state index contributed by atoms with van der Waals surface area (Å²) in [5, 5.41) is 21.1. The first-order valence-corrected chi connectivity index (χ1v) is 4.35. The average molecular weight is 181 g/mol. The lowest BCUT2D eigenvalue weighted by Gasteiger charge is -2.06. The van der Waals surface area contributed by atoms with Crippen LogP contribution in [0.15, 0.2) is 24.3 Å². The minimum atomic E-state index is -0.322. The number of hydrogen-bond acceptors (Lipinski definition) is 3. The van der Waals surface area contributed by atoms with Crippen molar-refractivity contribution < 1.29 is 10.2 Å². The van der Waals surface area contributed by atoms with Crippen LogP contribution in [0.5, 0.6) is 5.75 Å². The Morgan fingerprint density at radius 1 is 1.31 bits per heavy atom. The van der Waals surface area contributed by atoms with Gasteiger partial charge in [-0.05, 0) is 24.6 Å². The molecule has 0 unspecified atom stereocenters. The molecular formula is C10H15NO2. The van der Waals surface area contributed by atoms with E-state index in [9.17, 15) is 0 Å². The van der Waals surface area contributed by atoms with Gasteiger partial charge in [-0.15, -0.1) is 0 Å². The standard InChI is InChI=1S/C10H15NO2/c1-8(12)6-11-7-9-2-4-10(13)5-3-9/h2-5,8,11-13H,6-7H2,1H3/t8-/m0/s1. The molecule has 3 nitrogen and oxygen atoms in total. The number of phenolic OH excluding ortho intramolecular Hbond substituents is 1. The number of nitrogens with one attached hydrogen (secondary N) is 1. The smallest absolute Gasteiger partial charge is 0.115 e. The third kappa shape index (κ3) is 3.92. The van der Waals surface area contributed by atoms with Gasteiger partial charge in [0.1, 0.15) is 5.75 Å². The highest BCUT2D eigenvalue weighted by Gasteiger charge is 1.95. The maximum absolute atomic E-state index is 9.01. The molecule has 1 aromatic rings. The fourth-order valence-electron chi connectivity index (χ4n) is 1.04. The number of rotatable bonds is 4. The zero-order chi connectivity index (χ0) is 9.68. The van der Waals surface area contributed by atoms with Crippen LogP contribution in [0.3, 0.4) is 0 Å². The highest BCUT2D eigenvalue weighted by Crippen LogP contribution is 2.08. The maximum Gasteiger partial charge on any atom is 0.115 e. The topological polar surface area (TPSA) is 52.5 Å². The summed E-state index contributed by atoms with van der Waals surface area (Å²) < 4.78 is 0. The molecule has 0 radical (unpaired) electrons. The summed E-state index contributed by atoms with van der Waals surface area (Å²) in [7, 11) is 0. The molecule has 13 heavy (non-hydrogen) atoms. The molecule has 0 heterocycles. The second kappa shape index (κ2) is 4.84. The summed E-state index contributed by atoms with van der Waals surface area (Å²) in [5.41, 5.74) is 1.10. The number of benzene rings is 1. The Morgan fingerprint density at radius 3 is 2.46 bits per heavy atom. The van der Waals surface area contributed by atoms with Crippen LogP contribution < -0.4 is 5.32 Å². The van der Waals surface area contributed by atoms with Crippen LogP contribution in [0.1, 0.15) is 12.5 Å². The van der Waals surface area contributed by atoms with Gasteiger partial charge in [0.05, 0.1) is 6.10 Å². The number of hydrogen-bond donors (Lipinski definition) is 3. The average Bonchev–Trinajstić information content (AvgIpc) is 2.08. The van der Waals surface area contributed by atoms with Gasteiger partial charge in [0.2, 0.25) is 0 Å². The molecule has 0 amide bonds. The van der Waals surface area contributed by atoms with Crippen molar-refractivity contribution in [2.24, 2.45) is 0 Å². The maximum atomic E-state index is 9.01. The van der Waals surface area contributed by atoms with E-state index in [2.05, 4.69) is 5.32 Å². The van der Waals surface area contributed by atoms with E-state index in [0.717, 1.165) is 5.56 Å². The van der Waals surface area contributed by atoms with Crippen LogP contribution in [0.25, 0.3) is 0 Å². The Bertz CT molecular complexity index is 244. The highest BCUT2D eigenvalue weighted by atomic mass is 16.3. The number of aliphatic hydroxyl groups is 1. The molecule has 0 saturated carbocycles. The zero-order valence-corrected chi connectivity index (χ0v) is 7.70. The Hall–Kier alpha value is -1.06. The number of phenols is 1. The van der Waals surface area contributed by atoms with Crippen LogP contribution in [-0.2, 0) is 6.54 Å². The fraction of sp³-hybridized carbons (Fsp3) is 0.400. The van der Waals surface area contributed by atoms with Crippen molar-refractivity contribution in [3.8, 4) is 5.75 Å². The van der Waals surface area contributed by atoms with E-state index in [1.807, 2.05) is 12.1 Å². The first-order valence-electron chi connectivity index (χ1n) is 4.35. The van der Waals surface area contributed by atoms with Gasteiger partial charge in [0.15, 0.2) is 0 Å². The molecule has 0 aliphatic rings. The van der Waals surface area contributed by atoms with Crippen LogP contribution in [-0.4, -0.2) is 22.9 Å². The summed E-state index contributed by atoms with van der Waals surface area (Å²) in [6.45, 7) is 3.04. The summed E-state index contributed by atoms with van der Waals surface area (Å²) in [4.78, 5) is 0. The summed E-state index contributed by atoms with van der Waals surface area (Å²) in [5.74, 6) is 0.277. The third-order valence-corrected chi connectivity index (χ3v) is 1.71. The minimum absolute atomic E-state index is 0.277. The van der Waals surface area contributed by atoms with E-state index in [4.69, 9.17) is 10.2 Å². The zero-order valence-electron chi connectivity index (χ0n) is 7.70. The SMILES string of the molecule is C[C@H](O)CNCc1ccc(O)cc1. The van der Waals surface area contributed by atoms with Gasteiger partial charge in [0.25, 0.3) is 0 Å². The molecular weight excluding hydrogens is 166 g/mol. The Kier molecular flexibility index (Phi) is 3.73. The van der Waals surface area contributed by atoms with Crippen molar-refractivity contribution >= 4 is 0 Å². The van der Waals surface area contributed by atoms with Crippen LogP contribution >= 0.6 is 0 Å². The molecule has 0 saturated heterocycles. The molecule has 0 aliphatic carbocycles. The number of aromatic hydroxyl groups is 1. The first kappa shape index (κ1) is 10.0. The first-order chi connectivity index (χ1) is 6.18. The second-order valence-corrected chi connectivity index (χ2v) is 3.15. The fourth-order valence-corrected chi connectivity index (χ4v) is 1.04. The van der Waals surface area contributed by atoms with Crippen LogP contribution in [0.4, 0.5) is 0 Å². The molecule has 1 rings (SSSR count). The molecule has 1 aromatic carbocycles. The lowest BCUT2D eigenvalue weighted by atomic mass is 10.2. The van der Waals surface area contributed by atoms with Crippen molar-refractivity contribution in [2.45, 2.75) is 19.6 Å². The highest BCUT2D eigenvalue weighted by molar-refractivity contribution is 5.25. The normalized spacial score (nSPS) is 12.8. The second-order valence-electron chi connectivity index (χ2n) is 3.15. The van der Waals surface area contributed by atoms with Gasteiger partial charge in [-0.25, -0.2) is 0 Å². The van der Waals surface area contributed by atoms with Gasteiger partial charge in [0, 0.05) is 13.1 Å². The molecule has 0 fully saturated rings. The van der Waals surface area contributed by atoms with Crippen molar-refractivity contribution in [3.05, 3.63) is 29.8 Å². The molecule has 3 heteroatoms. The van der Waals surface area contributed by atoms with E-state index in [1.165, 1.54) is 0 Å². The molecule has 0 aliphatic heterocycles. The van der Waals surface area contributed by atoms with Gasteiger partial charge in [-0.2, -0.15) is 0 Å². The van der Waals surface area contributed by atoms with E-state index < -0.39 is 0 Å². The van der Waals surface area contributed by atoms with Crippen LogP contribution in [0, 0.1) is 0 Å². The predicted molar refractivity (Wildman–Crippen MR) is 51.5 cm³/mol.